The lowest BCUT2D eigenvalue weighted by Gasteiger charge is -2.18. The number of amides is 1. The summed E-state index contributed by atoms with van der Waals surface area (Å²) in [5.74, 6) is 0. The summed E-state index contributed by atoms with van der Waals surface area (Å²) in [5, 5.41) is 0. The quantitative estimate of drug-likeness (QED) is 0.445. The van der Waals surface area contributed by atoms with Gasteiger partial charge in [-0.05, 0) is 6.42 Å². The molecule has 5 heteroatoms. The fraction of sp³-hybridized carbons (Fsp3) is 0.800. The van der Waals surface area contributed by atoms with E-state index in [0.29, 0.717) is 6.42 Å². The summed E-state index contributed by atoms with van der Waals surface area (Å²) in [6.07, 6.45) is -4.42. The van der Waals surface area contributed by atoms with E-state index in [0.717, 1.165) is 0 Å². The first-order valence-corrected chi connectivity index (χ1v) is 2.81. The summed E-state index contributed by atoms with van der Waals surface area (Å²) in [6, 6.07) is 0. The second-order valence-electron chi connectivity index (χ2n) is 1.77. The molecule has 0 unspecified atom stereocenters. The van der Waals surface area contributed by atoms with Crippen LogP contribution in [0.15, 0.2) is 0 Å². The Hall–Kier alpha value is -0.740. The molecule has 0 aliphatic carbocycles. The third-order valence-electron chi connectivity index (χ3n) is 0.917. The van der Waals surface area contributed by atoms with E-state index in [1.54, 1.807) is 6.92 Å². The monoisotopic (exact) mass is 155 g/mol. The van der Waals surface area contributed by atoms with Crippen LogP contribution in [0, 0.1) is 0 Å². The zero-order valence-corrected chi connectivity index (χ0v) is 5.48. The van der Waals surface area contributed by atoms with Gasteiger partial charge in [-0.1, -0.05) is 6.92 Å². The van der Waals surface area contributed by atoms with Crippen molar-refractivity contribution in [1.82, 2.24) is 4.90 Å². The van der Waals surface area contributed by atoms with Crippen molar-refractivity contribution < 1.29 is 18.0 Å². The predicted octanol–water partition coefficient (Wildman–Crippen LogP) is 1.37. The molecular weight excluding hydrogens is 147 g/mol. The number of carbonyl (C=O) groups excluding carboxylic acids is 1. The van der Waals surface area contributed by atoms with Gasteiger partial charge in [-0.15, -0.1) is 13.2 Å². The van der Waals surface area contributed by atoms with Crippen molar-refractivity contribution in [3.05, 3.63) is 0 Å². The minimum atomic E-state index is -4.52. The second-order valence-corrected chi connectivity index (χ2v) is 1.77. The van der Waals surface area contributed by atoms with Gasteiger partial charge in [0, 0.05) is 6.54 Å². The smallest absolute Gasteiger partial charge is 0.278 e. The van der Waals surface area contributed by atoms with Gasteiger partial charge >= 0.3 is 6.30 Å². The van der Waals surface area contributed by atoms with Crippen LogP contribution >= 0.6 is 0 Å². The molecule has 0 N–H and O–H groups in total. The number of rotatable bonds is 3. The van der Waals surface area contributed by atoms with E-state index in [1.165, 1.54) is 0 Å². The minimum absolute atomic E-state index is 0.188. The highest BCUT2D eigenvalue weighted by Gasteiger charge is 2.35. The summed E-state index contributed by atoms with van der Waals surface area (Å²) in [4.78, 5) is 9.56. The Morgan fingerprint density at radius 2 is 2.00 bits per heavy atom. The molecule has 0 saturated carbocycles. The molecule has 0 aromatic heterocycles. The van der Waals surface area contributed by atoms with Gasteiger partial charge in [0.15, 0.2) is 0 Å². The fourth-order valence-corrected chi connectivity index (χ4v) is 0.480. The molecule has 1 amide bonds. The third kappa shape index (κ3) is 2.70. The SMILES string of the molecule is CCCN(C=O)C(F)(F)F. The standard InChI is InChI=1S/C5H8F3NO/c1-2-3-9(4-10)5(6,7)8/h4H,2-3H2,1H3. The number of alkyl halides is 3. The average Bonchev–Trinajstić information content (AvgIpc) is 1.80. The van der Waals surface area contributed by atoms with Gasteiger partial charge in [-0.3, -0.25) is 9.69 Å². The highest BCUT2D eigenvalue weighted by molar-refractivity contribution is 5.47. The molecule has 2 nitrogen and oxygen atoms in total. The van der Waals surface area contributed by atoms with E-state index in [2.05, 4.69) is 0 Å². The Bertz CT molecular complexity index is 112. The summed E-state index contributed by atoms with van der Waals surface area (Å²) in [7, 11) is 0. The topological polar surface area (TPSA) is 20.3 Å². The van der Waals surface area contributed by atoms with Crippen LogP contribution in [-0.2, 0) is 4.79 Å². The lowest BCUT2D eigenvalue weighted by atomic mass is 10.4. The van der Waals surface area contributed by atoms with Gasteiger partial charge in [0.05, 0.1) is 0 Å². The number of carbonyl (C=O) groups is 1. The molecule has 0 atom stereocenters. The normalized spacial score (nSPS) is 11.2. The average molecular weight is 155 g/mol. The zero-order chi connectivity index (χ0) is 8.20. The Morgan fingerprint density at radius 1 is 1.50 bits per heavy atom. The van der Waals surface area contributed by atoms with Gasteiger partial charge < -0.3 is 0 Å². The zero-order valence-electron chi connectivity index (χ0n) is 5.48. The second kappa shape index (κ2) is 3.43. The van der Waals surface area contributed by atoms with Crippen LogP contribution in [0.3, 0.4) is 0 Å². The Kier molecular flexibility index (Phi) is 3.18. The van der Waals surface area contributed by atoms with Crippen LogP contribution in [0.4, 0.5) is 13.2 Å². The molecule has 0 saturated heterocycles. The Labute approximate surface area is 56.6 Å². The minimum Gasteiger partial charge on any atom is -0.278 e. The van der Waals surface area contributed by atoms with Crippen molar-refractivity contribution in [2.45, 2.75) is 19.6 Å². The van der Waals surface area contributed by atoms with E-state index in [4.69, 9.17) is 0 Å². The van der Waals surface area contributed by atoms with Gasteiger partial charge in [0.25, 0.3) is 0 Å². The maximum atomic E-state index is 11.6. The van der Waals surface area contributed by atoms with Crippen molar-refractivity contribution in [3.63, 3.8) is 0 Å². The molecule has 0 spiro atoms. The molecule has 0 bridgehead atoms. The maximum Gasteiger partial charge on any atom is 0.486 e. The van der Waals surface area contributed by atoms with Crippen LogP contribution in [0.25, 0.3) is 0 Å². The first kappa shape index (κ1) is 9.26. The van der Waals surface area contributed by atoms with E-state index >= 15 is 0 Å². The summed E-state index contributed by atoms with van der Waals surface area (Å²) < 4.78 is 34.8. The molecule has 0 aliphatic rings. The molecule has 0 fully saturated rings. The van der Waals surface area contributed by atoms with E-state index in [9.17, 15) is 18.0 Å². The van der Waals surface area contributed by atoms with Gasteiger partial charge in [-0.2, -0.15) is 0 Å². The summed E-state index contributed by atoms with van der Waals surface area (Å²) in [5.41, 5.74) is 0. The molecule has 0 aromatic rings. The lowest BCUT2D eigenvalue weighted by molar-refractivity contribution is -0.233. The van der Waals surface area contributed by atoms with Crippen molar-refractivity contribution in [3.8, 4) is 0 Å². The van der Waals surface area contributed by atoms with Crippen LogP contribution in [0.2, 0.25) is 0 Å². The predicted molar refractivity (Wildman–Crippen MR) is 29.1 cm³/mol. The third-order valence-corrected chi connectivity index (χ3v) is 0.917. The number of nitrogens with zero attached hydrogens (tertiary/aromatic N) is 1. The van der Waals surface area contributed by atoms with Gasteiger partial charge in [0.2, 0.25) is 6.41 Å². The molecule has 0 rings (SSSR count). The highest BCUT2D eigenvalue weighted by Crippen LogP contribution is 2.18. The number of hydrogen-bond donors (Lipinski definition) is 0. The summed E-state index contributed by atoms with van der Waals surface area (Å²) >= 11 is 0. The molecule has 0 aromatic carbocycles. The molecule has 60 valence electrons. The van der Waals surface area contributed by atoms with Crippen molar-refractivity contribution in [2.75, 3.05) is 6.54 Å². The fourth-order valence-electron chi connectivity index (χ4n) is 0.480. The van der Waals surface area contributed by atoms with Crippen LogP contribution in [0.5, 0.6) is 0 Å². The van der Waals surface area contributed by atoms with Crippen molar-refractivity contribution >= 4 is 6.41 Å². The first-order valence-electron chi connectivity index (χ1n) is 2.81. The molecule has 10 heavy (non-hydrogen) atoms. The molecule has 0 radical (unpaired) electrons. The lowest BCUT2D eigenvalue weighted by Crippen LogP contribution is -2.37. The van der Waals surface area contributed by atoms with Crippen molar-refractivity contribution in [1.29, 1.82) is 0 Å². The Balaban J connectivity index is 3.93. The van der Waals surface area contributed by atoms with Crippen LogP contribution in [0.1, 0.15) is 13.3 Å². The summed E-state index contributed by atoms with van der Waals surface area (Å²) in [6.45, 7) is 1.30. The van der Waals surface area contributed by atoms with Crippen LogP contribution in [-0.4, -0.2) is 24.2 Å². The first-order chi connectivity index (χ1) is 4.52. The number of hydrogen-bond acceptors (Lipinski definition) is 1. The van der Waals surface area contributed by atoms with E-state index < -0.39 is 6.30 Å². The molecule has 0 aliphatic heterocycles. The van der Waals surface area contributed by atoms with Crippen LogP contribution < -0.4 is 0 Å². The van der Waals surface area contributed by atoms with Gasteiger partial charge in [0.1, 0.15) is 0 Å². The highest BCUT2D eigenvalue weighted by atomic mass is 19.4. The van der Waals surface area contributed by atoms with Gasteiger partial charge in [-0.25, -0.2) is 0 Å². The van der Waals surface area contributed by atoms with E-state index in [-0.39, 0.29) is 17.9 Å². The van der Waals surface area contributed by atoms with E-state index in [1.807, 2.05) is 0 Å². The largest absolute Gasteiger partial charge is 0.486 e. The number of halogens is 3. The molecule has 0 heterocycles. The molecular formula is C5H8F3NO. The maximum absolute atomic E-state index is 11.6. The Morgan fingerprint density at radius 3 is 2.10 bits per heavy atom. The van der Waals surface area contributed by atoms with Crippen molar-refractivity contribution in [2.24, 2.45) is 0 Å².